The SMILES string of the molecule is CC.Cc1cnn(C(C)C)n1. The third kappa shape index (κ3) is 3.16. The molecule has 0 unspecified atom stereocenters. The quantitative estimate of drug-likeness (QED) is 0.622. The zero-order valence-electron chi connectivity index (χ0n) is 8.00. The van der Waals surface area contributed by atoms with E-state index in [9.17, 15) is 0 Å². The van der Waals surface area contributed by atoms with E-state index in [0.717, 1.165) is 5.69 Å². The summed E-state index contributed by atoms with van der Waals surface area (Å²) in [4.78, 5) is 1.70. The molecule has 11 heavy (non-hydrogen) atoms. The maximum atomic E-state index is 4.12. The molecule has 1 heterocycles. The maximum Gasteiger partial charge on any atom is 0.0796 e. The molecule has 64 valence electrons. The fourth-order valence-electron chi connectivity index (χ4n) is 0.605. The average molecular weight is 155 g/mol. The summed E-state index contributed by atoms with van der Waals surface area (Å²) in [6.45, 7) is 10.0. The second kappa shape index (κ2) is 4.88. The van der Waals surface area contributed by atoms with Crippen molar-refractivity contribution < 1.29 is 0 Å². The molecule has 0 radical (unpaired) electrons. The number of aromatic nitrogens is 3. The van der Waals surface area contributed by atoms with Crippen molar-refractivity contribution in [1.29, 1.82) is 0 Å². The predicted molar refractivity (Wildman–Crippen MR) is 46.5 cm³/mol. The van der Waals surface area contributed by atoms with E-state index in [1.54, 1.807) is 11.0 Å². The lowest BCUT2D eigenvalue weighted by atomic mass is 10.4. The lowest BCUT2D eigenvalue weighted by Gasteiger charge is -1.99. The van der Waals surface area contributed by atoms with Gasteiger partial charge >= 0.3 is 0 Å². The van der Waals surface area contributed by atoms with Crippen LogP contribution in [0, 0.1) is 6.92 Å². The molecular formula is C8H17N3. The topological polar surface area (TPSA) is 30.7 Å². The molecule has 0 fully saturated rings. The van der Waals surface area contributed by atoms with Gasteiger partial charge in [0, 0.05) is 0 Å². The Bertz CT molecular complexity index is 191. The van der Waals surface area contributed by atoms with E-state index in [4.69, 9.17) is 0 Å². The first-order chi connectivity index (χ1) is 5.20. The van der Waals surface area contributed by atoms with Crippen LogP contribution in [0.25, 0.3) is 0 Å². The molecular weight excluding hydrogens is 138 g/mol. The summed E-state index contributed by atoms with van der Waals surface area (Å²) in [7, 11) is 0. The van der Waals surface area contributed by atoms with Gasteiger partial charge in [-0.3, -0.25) is 0 Å². The third-order valence-corrected chi connectivity index (χ3v) is 1.08. The zero-order valence-corrected chi connectivity index (χ0v) is 8.00. The second-order valence-electron chi connectivity index (χ2n) is 2.40. The van der Waals surface area contributed by atoms with Crippen molar-refractivity contribution in [2.45, 2.75) is 40.7 Å². The van der Waals surface area contributed by atoms with Crippen LogP contribution >= 0.6 is 0 Å². The minimum Gasteiger partial charge on any atom is -0.182 e. The molecule has 0 aliphatic rings. The largest absolute Gasteiger partial charge is 0.182 e. The fraction of sp³-hybridized carbons (Fsp3) is 0.750. The summed E-state index contributed by atoms with van der Waals surface area (Å²) in [5.74, 6) is 0. The van der Waals surface area contributed by atoms with Gasteiger partial charge in [-0.2, -0.15) is 15.0 Å². The van der Waals surface area contributed by atoms with E-state index in [2.05, 4.69) is 24.0 Å². The van der Waals surface area contributed by atoms with Gasteiger partial charge < -0.3 is 0 Å². The minimum atomic E-state index is 0.374. The molecule has 3 nitrogen and oxygen atoms in total. The first-order valence-corrected chi connectivity index (χ1v) is 4.08. The fourth-order valence-corrected chi connectivity index (χ4v) is 0.605. The maximum absolute atomic E-state index is 4.12. The molecule has 0 spiro atoms. The van der Waals surface area contributed by atoms with Gasteiger partial charge in [-0.15, -0.1) is 0 Å². The van der Waals surface area contributed by atoms with Crippen molar-refractivity contribution in [3.63, 3.8) is 0 Å². The van der Waals surface area contributed by atoms with Gasteiger partial charge in [-0.05, 0) is 20.8 Å². The lowest BCUT2D eigenvalue weighted by Crippen LogP contribution is -2.04. The Hall–Kier alpha value is -0.860. The van der Waals surface area contributed by atoms with Gasteiger partial charge in [-0.25, -0.2) is 0 Å². The summed E-state index contributed by atoms with van der Waals surface area (Å²) in [6.07, 6.45) is 1.76. The van der Waals surface area contributed by atoms with Crippen LogP contribution in [-0.4, -0.2) is 15.0 Å². The van der Waals surface area contributed by atoms with Gasteiger partial charge in [0.25, 0.3) is 0 Å². The highest BCUT2D eigenvalue weighted by Crippen LogP contribution is 1.98. The van der Waals surface area contributed by atoms with E-state index in [0.29, 0.717) is 6.04 Å². The van der Waals surface area contributed by atoms with Crippen molar-refractivity contribution in [1.82, 2.24) is 15.0 Å². The summed E-state index contributed by atoms with van der Waals surface area (Å²) < 4.78 is 0. The molecule has 0 aliphatic heterocycles. The normalized spacial score (nSPS) is 9.27. The zero-order chi connectivity index (χ0) is 8.85. The first-order valence-electron chi connectivity index (χ1n) is 4.08. The van der Waals surface area contributed by atoms with Gasteiger partial charge in [0.1, 0.15) is 0 Å². The molecule has 1 aromatic rings. The van der Waals surface area contributed by atoms with Gasteiger partial charge in [0.2, 0.25) is 0 Å². The third-order valence-electron chi connectivity index (χ3n) is 1.08. The van der Waals surface area contributed by atoms with Crippen LogP contribution in [0.1, 0.15) is 39.4 Å². The van der Waals surface area contributed by atoms with E-state index < -0.39 is 0 Å². The molecule has 0 saturated carbocycles. The predicted octanol–water partition coefficient (Wildman–Crippen LogP) is 2.19. The standard InChI is InChI=1S/C6H11N3.C2H6/c1-5(2)9-7-4-6(3)8-9;1-2/h4-5H,1-3H3;1-2H3. The number of hydrogen-bond donors (Lipinski definition) is 0. The Labute approximate surface area is 68.4 Å². The lowest BCUT2D eigenvalue weighted by molar-refractivity contribution is 0.464. The van der Waals surface area contributed by atoms with Crippen molar-refractivity contribution in [3.8, 4) is 0 Å². The highest BCUT2D eigenvalue weighted by Gasteiger charge is 1.97. The van der Waals surface area contributed by atoms with Crippen molar-refractivity contribution in [2.24, 2.45) is 0 Å². The van der Waals surface area contributed by atoms with E-state index >= 15 is 0 Å². The van der Waals surface area contributed by atoms with Crippen LogP contribution in [0.3, 0.4) is 0 Å². The van der Waals surface area contributed by atoms with Gasteiger partial charge in [0.15, 0.2) is 0 Å². The molecule has 0 aromatic carbocycles. The first kappa shape index (κ1) is 10.1. The van der Waals surface area contributed by atoms with Crippen LogP contribution in [0.5, 0.6) is 0 Å². The Morgan fingerprint density at radius 3 is 2.09 bits per heavy atom. The van der Waals surface area contributed by atoms with Crippen LogP contribution < -0.4 is 0 Å². The van der Waals surface area contributed by atoms with Crippen molar-refractivity contribution in [2.75, 3.05) is 0 Å². The Balaban J connectivity index is 0.000000461. The number of hydrogen-bond acceptors (Lipinski definition) is 2. The molecule has 1 aromatic heterocycles. The second-order valence-corrected chi connectivity index (χ2v) is 2.40. The molecule has 0 amide bonds. The summed E-state index contributed by atoms with van der Waals surface area (Å²) >= 11 is 0. The number of aryl methyl sites for hydroxylation is 1. The molecule has 0 atom stereocenters. The number of nitrogens with zero attached hydrogens (tertiary/aromatic N) is 3. The molecule has 1 rings (SSSR count). The van der Waals surface area contributed by atoms with Crippen molar-refractivity contribution in [3.05, 3.63) is 11.9 Å². The molecule has 0 bridgehead atoms. The summed E-state index contributed by atoms with van der Waals surface area (Å²) in [5, 5.41) is 8.14. The monoisotopic (exact) mass is 155 g/mol. The summed E-state index contributed by atoms with van der Waals surface area (Å²) in [5.41, 5.74) is 0.976. The molecule has 0 saturated heterocycles. The van der Waals surface area contributed by atoms with Crippen LogP contribution in [-0.2, 0) is 0 Å². The Morgan fingerprint density at radius 1 is 1.36 bits per heavy atom. The van der Waals surface area contributed by atoms with Gasteiger partial charge in [-0.1, -0.05) is 13.8 Å². The smallest absolute Gasteiger partial charge is 0.0796 e. The summed E-state index contributed by atoms with van der Waals surface area (Å²) in [6, 6.07) is 0.374. The van der Waals surface area contributed by atoms with E-state index in [1.165, 1.54) is 0 Å². The van der Waals surface area contributed by atoms with Crippen molar-refractivity contribution >= 4 is 0 Å². The Kier molecular flexibility index (Phi) is 4.50. The highest BCUT2D eigenvalue weighted by atomic mass is 15.5. The van der Waals surface area contributed by atoms with E-state index in [-0.39, 0.29) is 0 Å². The van der Waals surface area contributed by atoms with E-state index in [1.807, 2.05) is 20.8 Å². The Morgan fingerprint density at radius 2 is 1.91 bits per heavy atom. The van der Waals surface area contributed by atoms with Crippen LogP contribution in [0.2, 0.25) is 0 Å². The van der Waals surface area contributed by atoms with Crippen LogP contribution in [0.15, 0.2) is 6.20 Å². The minimum absolute atomic E-state index is 0.374. The van der Waals surface area contributed by atoms with Crippen LogP contribution in [0.4, 0.5) is 0 Å². The molecule has 3 heteroatoms. The molecule has 0 aliphatic carbocycles. The molecule has 0 N–H and O–H groups in total. The average Bonchev–Trinajstić information content (AvgIpc) is 2.40. The number of rotatable bonds is 1. The highest BCUT2D eigenvalue weighted by molar-refractivity contribution is 4.85. The van der Waals surface area contributed by atoms with Gasteiger partial charge in [0.05, 0.1) is 17.9 Å².